The van der Waals surface area contributed by atoms with Gasteiger partial charge in [0, 0.05) is 18.7 Å². The molecule has 0 spiro atoms. The summed E-state index contributed by atoms with van der Waals surface area (Å²) in [6, 6.07) is 7.00. The van der Waals surface area contributed by atoms with Gasteiger partial charge in [0.15, 0.2) is 5.78 Å². The summed E-state index contributed by atoms with van der Waals surface area (Å²) in [5.74, 6) is -0.423. The van der Waals surface area contributed by atoms with Gasteiger partial charge >= 0.3 is 5.97 Å². The van der Waals surface area contributed by atoms with Crippen molar-refractivity contribution in [1.82, 2.24) is 10.2 Å². The standard InChI is InChI=1S/C18H28N2O3/c1-5-14-7-9-15(10-8-14)18(22)16(13-17(21)23-6-2)19-11-12-20(3)4/h7-10,16,19H,5-6,11-13H2,1-4H3. The molecule has 0 heterocycles. The first kappa shape index (κ1) is 19.3. The van der Waals surface area contributed by atoms with Crippen molar-refractivity contribution in [3.05, 3.63) is 35.4 Å². The highest BCUT2D eigenvalue weighted by Crippen LogP contribution is 2.10. The van der Waals surface area contributed by atoms with E-state index >= 15 is 0 Å². The smallest absolute Gasteiger partial charge is 0.307 e. The van der Waals surface area contributed by atoms with Crippen molar-refractivity contribution in [1.29, 1.82) is 0 Å². The number of carbonyl (C=O) groups is 2. The van der Waals surface area contributed by atoms with Gasteiger partial charge in [-0.3, -0.25) is 9.59 Å². The Bertz CT molecular complexity index is 497. The highest BCUT2D eigenvalue weighted by Gasteiger charge is 2.23. The van der Waals surface area contributed by atoms with Crippen molar-refractivity contribution in [3.63, 3.8) is 0 Å². The minimum Gasteiger partial charge on any atom is -0.466 e. The van der Waals surface area contributed by atoms with Crippen LogP contribution in [0.25, 0.3) is 0 Å². The van der Waals surface area contributed by atoms with E-state index < -0.39 is 6.04 Å². The van der Waals surface area contributed by atoms with Crippen LogP contribution in [0.15, 0.2) is 24.3 Å². The molecule has 0 aliphatic rings. The Balaban J connectivity index is 2.78. The quantitative estimate of drug-likeness (QED) is 0.527. The van der Waals surface area contributed by atoms with Crippen LogP contribution in [0.2, 0.25) is 0 Å². The van der Waals surface area contributed by atoms with Gasteiger partial charge in [0.25, 0.3) is 0 Å². The van der Waals surface area contributed by atoms with Gasteiger partial charge in [-0.2, -0.15) is 0 Å². The highest BCUT2D eigenvalue weighted by atomic mass is 16.5. The topological polar surface area (TPSA) is 58.6 Å². The van der Waals surface area contributed by atoms with Crippen LogP contribution < -0.4 is 5.32 Å². The molecule has 5 heteroatoms. The van der Waals surface area contributed by atoms with Gasteiger partial charge in [0.2, 0.25) is 0 Å². The summed E-state index contributed by atoms with van der Waals surface area (Å²) in [4.78, 5) is 26.5. The molecule has 0 radical (unpaired) electrons. The van der Waals surface area contributed by atoms with E-state index in [-0.39, 0.29) is 18.2 Å². The van der Waals surface area contributed by atoms with E-state index in [1.165, 1.54) is 5.56 Å². The number of nitrogens with one attached hydrogen (secondary N) is 1. The summed E-state index contributed by atoms with van der Waals surface area (Å²) < 4.78 is 4.98. The van der Waals surface area contributed by atoms with Gasteiger partial charge < -0.3 is 15.0 Å². The van der Waals surface area contributed by atoms with Crippen molar-refractivity contribution in [3.8, 4) is 0 Å². The SMILES string of the molecule is CCOC(=O)CC(NCCN(C)C)C(=O)c1ccc(CC)cc1. The molecule has 0 bridgehead atoms. The van der Waals surface area contributed by atoms with Crippen LogP contribution >= 0.6 is 0 Å². The molecule has 0 amide bonds. The number of likely N-dealkylation sites (N-methyl/N-ethyl adjacent to an activating group) is 1. The zero-order valence-corrected chi connectivity index (χ0v) is 14.6. The Kier molecular flexibility index (Phi) is 8.51. The molecule has 1 unspecified atom stereocenters. The number of aryl methyl sites for hydroxylation is 1. The summed E-state index contributed by atoms with van der Waals surface area (Å²) in [5.41, 5.74) is 1.80. The number of carbonyl (C=O) groups excluding carboxylic acids is 2. The Labute approximate surface area is 139 Å². The predicted molar refractivity (Wildman–Crippen MR) is 91.7 cm³/mol. The van der Waals surface area contributed by atoms with Crippen LogP contribution in [-0.2, 0) is 16.0 Å². The number of hydrogen-bond donors (Lipinski definition) is 1. The molecule has 1 atom stereocenters. The average molecular weight is 320 g/mol. The molecule has 128 valence electrons. The predicted octanol–water partition coefficient (Wildman–Crippen LogP) is 1.90. The molecule has 0 fully saturated rings. The molecule has 1 rings (SSSR count). The van der Waals surface area contributed by atoms with E-state index in [0.717, 1.165) is 13.0 Å². The largest absolute Gasteiger partial charge is 0.466 e. The monoisotopic (exact) mass is 320 g/mol. The minimum absolute atomic E-state index is 0.0512. The Hall–Kier alpha value is -1.72. The molecule has 5 nitrogen and oxygen atoms in total. The number of ketones is 1. The average Bonchev–Trinajstić information content (AvgIpc) is 2.53. The first-order valence-electron chi connectivity index (χ1n) is 8.14. The van der Waals surface area contributed by atoms with Crippen molar-refractivity contribution >= 4 is 11.8 Å². The van der Waals surface area contributed by atoms with Crippen LogP contribution in [0.1, 0.15) is 36.2 Å². The maximum atomic E-state index is 12.7. The number of hydrogen-bond acceptors (Lipinski definition) is 5. The fraction of sp³-hybridized carbons (Fsp3) is 0.556. The van der Waals surface area contributed by atoms with Gasteiger partial charge in [-0.15, -0.1) is 0 Å². The van der Waals surface area contributed by atoms with Gasteiger partial charge in [-0.25, -0.2) is 0 Å². The molecule has 0 saturated carbocycles. The number of rotatable bonds is 10. The molecule has 0 aliphatic heterocycles. The highest BCUT2D eigenvalue weighted by molar-refractivity contribution is 6.01. The van der Waals surface area contributed by atoms with E-state index in [1.807, 2.05) is 43.3 Å². The van der Waals surface area contributed by atoms with Crippen LogP contribution in [-0.4, -0.2) is 56.5 Å². The number of ether oxygens (including phenoxy) is 1. The number of Topliss-reactive ketones (excluding diaryl/α,β-unsaturated/α-hetero) is 1. The first-order chi connectivity index (χ1) is 11.0. The summed E-state index contributed by atoms with van der Waals surface area (Å²) >= 11 is 0. The second-order valence-corrected chi connectivity index (χ2v) is 5.73. The van der Waals surface area contributed by atoms with Gasteiger partial charge in [0.05, 0.1) is 19.1 Å². The van der Waals surface area contributed by atoms with Crippen molar-refractivity contribution in [2.45, 2.75) is 32.7 Å². The lowest BCUT2D eigenvalue weighted by Crippen LogP contribution is -2.42. The Morgan fingerprint density at radius 1 is 1.17 bits per heavy atom. The van der Waals surface area contributed by atoms with E-state index in [4.69, 9.17) is 4.74 Å². The molecular formula is C18H28N2O3. The molecule has 0 saturated heterocycles. The normalized spacial score (nSPS) is 12.2. The number of esters is 1. The summed E-state index contributed by atoms with van der Waals surface area (Å²) in [6.45, 7) is 5.58. The van der Waals surface area contributed by atoms with Crippen LogP contribution in [0.5, 0.6) is 0 Å². The van der Waals surface area contributed by atoms with E-state index in [2.05, 4.69) is 12.2 Å². The summed E-state index contributed by atoms with van der Waals surface area (Å²) in [7, 11) is 3.93. The molecule has 1 aromatic carbocycles. The zero-order chi connectivity index (χ0) is 17.2. The van der Waals surface area contributed by atoms with Gasteiger partial charge in [-0.05, 0) is 33.0 Å². The lowest BCUT2D eigenvalue weighted by Gasteiger charge is -2.19. The lowest BCUT2D eigenvalue weighted by molar-refractivity contribution is -0.143. The number of nitrogens with zero attached hydrogens (tertiary/aromatic N) is 1. The van der Waals surface area contributed by atoms with Gasteiger partial charge in [-0.1, -0.05) is 31.2 Å². The zero-order valence-electron chi connectivity index (χ0n) is 14.6. The van der Waals surface area contributed by atoms with E-state index in [0.29, 0.717) is 18.7 Å². The fourth-order valence-electron chi connectivity index (χ4n) is 2.21. The summed E-state index contributed by atoms with van der Waals surface area (Å²) in [6.07, 6.45) is 0.984. The third-order valence-corrected chi connectivity index (χ3v) is 3.59. The second-order valence-electron chi connectivity index (χ2n) is 5.73. The van der Waals surface area contributed by atoms with E-state index in [1.54, 1.807) is 6.92 Å². The maximum absolute atomic E-state index is 12.7. The first-order valence-corrected chi connectivity index (χ1v) is 8.14. The molecule has 0 aliphatic carbocycles. The van der Waals surface area contributed by atoms with Crippen LogP contribution in [0.4, 0.5) is 0 Å². The number of benzene rings is 1. The summed E-state index contributed by atoms with van der Waals surface area (Å²) in [5, 5.41) is 3.18. The van der Waals surface area contributed by atoms with E-state index in [9.17, 15) is 9.59 Å². The molecule has 0 aromatic heterocycles. The van der Waals surface area contributed by atoms with Crippen LogP contribution in [0.3, 0.4) is 0 Å². The Morgan fingerprint density at radius 3 is 2.35 bits per heavy atom. The maximum Gasteiger partial charge on any atom is 0.307 e. The minimum atomic E-state index is -0.554. The Morgan fingerprint density at radius 2 is 1.83 bits per heavy atom. The fourth-order valence-corrected chi connectivity index (χ4v) is 2.21. The lowest BCUT2D eigenvalue weighted by atomic mass is 10.00. The molecular weight excluding hydrogens is 292 g/mol. The van der Waals surface area contributed by atoms with Crippen molar-refractivity contribution in [2.75, 3.05) is 33.8 Å². The van der Waals surface area contributed by atoms with Crippen molar-refractivity contribution in [2.24, 2.45) is 0 Å². The van der Waals surface area contributed by atoms with Crippen molar-refractivity contribution < 1.29 is 14.3 Å². The third kappa shape index (κ3) is 6.93. The second kappa shape index (κ2) is 10.1. The molecule has 23 heavy (non-hydrogen) atoms. The molecule has 1 N–H and O–H groups in total. The van der Waals surface area contributed by atoms with Crippen LogP contribution in [0, 0.1) is 0 Å². The third-order valence-electron chi connectivity index (χ3n) is 3.59. The van der Waals surface area contributed by atoms with Gasteiger partial charge in [0.1, 0.15) is 0 Å². The molecule has 1 aromatic rings.